The quantitative estimate of drug-likeness (QED) is 0.824. The second-order valence-corrected chi connectivity index (χ2v) is 10.4. The molecule has 0 spiro atoms. The molecule has 2 aromatic rings. The van der Waals surface area contributed by atoms with E-state index in [4.69, 9.17) is 4.74 Å². The van der Waals surface area contributed by atoms with E-state index in [1.165, 1.54) is 11.4 Å². The Kier molecular flexibility index (Phi) is 5.38. The van der Waals surface area contributed by atoms with E-state index in [1.807, 2.05) is 39.0 Å². The van der Waals surface area contributed by atoms with E-state index in [0.29, 0.717) is 23.2 Å². The first-order chi connectivity index (χ1) is 13.4. The van der Waals surface area contributed by atoms with Crippen molar-refractivity contribution in [2.24, 2.45) is 0 Å². The summed E-state index contributed by atoms with van der Waals surface area (Å²) in [6.45, 7) is 7.83. The van der Waals surface area contributed by atoms with Crippen LogP contribution in [0.5, 0.6) is 5.75 Å². The van der Waals surface area contributed by atoms with Crippen molar-refractivity contribution in [3.05, 3.63) is 58.7 Å². The van der Waals surface area contributed by atoms with Crippen molar-refractivity contribution in [3.8, 4) is 5.75 Å². The number of nitrogens with one attached hydrogen (secondary N) is 1. The van der Waals surface area contributed by atoms with Gasteiger partial charge in [0.1, 0.15) is 11.4 Å². The average Bonchev–Trinajstić information content (AvgIpc) is 2.60. The highest BCUT2D eigenvalue weighted by Gasteiger charge is 2.34. The van der Waals surface area contributed by atoms with Gasteiger partial charge in [0.25, 0.3) is 5.91 Å². The Morgan fingerprint density at radius 2 is 1.86 bits per heavy atom. The largest absolute Gasteiger partial charge is 0.487 e. The summed E-state index contributed by atoms with van der Waals surface area (Å²) >= 11 is 0. The summed E-state index contributed by atoms with van der Waals surface area (Å²) in [6, 6.07) is 10.9. The van der Waals surface area contributed by atoms with Gasteiger partial charge in [-0.15, -0.1) is 0 Å². The molecule has 3 rings (SSSR count). The van der Waals surface area contributed by atoms with Crippen molar-refractivity contribution in [2.45, 2.75) is 45.8 Å². The zero-order valence-electron chi connectivity index (χ0n) is 17.7. The van der Waals surface area contributed by atoms with E-state index in [2.05, 4.69) is 5.32 Å². The predicted molar refractivity (Wildman–Crippen MR) is 115 cm³/mol. The van der Waals surface area contributed by atoms with Gasteiger partial charge in [0, 0.05) is 24.6 Å². The van der Waals surface area contributed by atoms with Crippen LogP contribution in [0.4, 0.5) is 5.69 Å². The molecule has 29 heavy (non-hydrogen) atoms. The lowest BCUT2D eigenvalue weighted by molar-refractivity contribution is 0.0619. The lowest BCUT2D eigenvalue weighted by atomic mass is 9.88. The molecule has 1 N–H and O–H groups in total. The van der Waals surface area contributed by atoms with Gasteiger partial charge in [0.05, 0.1) is 18.0 Å². The average molecular weight is 417 g/mol. The third kappa shape index (κ3) is 4.56. The molecule has 0 unspecified atom stereocenters. The van der Waals surface area contributed by atoms with Crippen LogP contribution in [-0.4, -0.2) is 33.2 Å². The minimum Gasteiger partial charge on any atom is -0.487 e. The highest BCUT2D eigenvalue weighted by molar-refractivity contribution is 7.92. The summed E-state index contributed by atoms with van der Waals surface area (Å²) in [6.07, 6.45) is 1.81. The van der Waals surface area contributed by atoms with Gasteiger partial charge in [-0.05, 0) is 57.5 Å². The predicted octanol–water partition coefficient (Wildman–Crippen LogP) is 3.73. The standard InChI is InChI=1S/C22H28N2O4S/c1-14-7-10-20-17(11-14)18(13-22(3,4)28-20)23-21(25)16-8-9-19(15(2)12-16)24(5)29(6,26)27/h7-12,18H,13H2,1-6H3,(H,23,25)/t18-/m0/s1. The lowest BCUT2D eigenvalue weighted by Gasteiger charge is -2.38. The number of hydrogen-bond acceptors (Lipinski definition) is 4. The number of anilines is 1. The molecule has 0 radical (unpaired) electrons. The number of carbonyl (C=O) groups is 1. The van der Waals surface area contributed by atoms with E-state index < -0.39 is 15.6 Å². The molecule has 156 valence electrons. The number of sulfonamides is 1. The molecule has 1 aliphatic heterocycles. The van der Waals surface area contributed by atoms with Crippen LogP contribution in [0.2, 0.25) is 0 Å². The fraction of sp³-hybridized carbons (Fsp3) is 0.409. The minimum atomic E-state index is -3.37. The van der Waals surface area contributed by atoms with E-state index in [1.54, 1.807) is 25.1 Å². The zero-order valence-corrected chi connectivity index (χ0v) is 18.6. The smallest absolute Gasteiger partial charge is 0.251 e. The van der Waals surface area contributed by atoms with E-state index in [9.17, 15) is 13.2 Å². The Labute approximate surface area is 172 Å². The van der Waals surface area contributed by atoms with Crippen LogP contribution in [0.3, 0.4) is 0 Å². The molecule has 0 aromatic heterocycles. The molecule has 1 aliphatic rings. The van der Waals surface area contributed by atoms with Crippen molar-refractivity contribution < 1.29 is 17.9 Å². The number of carbonyl (C=O) groups excluding carboxylic acids is 1. The summed E-state index contributed by atoms with van der Waals surface area (Å²) in [7, 11) is -1.87. The number of aryl methyl sites for hydroxylation is 2. The Morgan fingerprint density at radius 3 is 2.48 bits per heavy atom. The first-order valence-electron chi connectivity index (χ1n) is 9.52. The van der Waals surface area contributed by atoms with Gasteiger partial charge in [-0.2, -0.15) is 0 Å². The van der Waals surface area contributed by atoms with Gasteiger partial charge in [0.15, 0.2) is 0 Å². The molecule has 0 bridgehead atoms. The maximum absolute atomic E-state index is 13.0. The molecule has 1 heterocycles. The SMILES string of the molecule is Cc1ccc2c(c1)[C@@H](NC(=O)c1ccc(N(C)S(C)(=O)=O)c(C)c1)CC(C)(C)O2. The summed E-state index contributed by atoms with van der Waals surface area (Å²) in [5.74, 6) is 0.593. The third-order valence-corrected chi connectivity index (χ3v) is 6.42. The van der Waals surface area contributed by atoms with Crippen molar-refractivity contribution >= 4 is 21.6 Å². The molecule has 1 amide bonds. The van der Waals surface area contributed by atoms with Gasteiger partial charge < -0.3 is 10.1 Å². The van der Waals surface area contributed by atoms with Crippen molar-refractivity contribution in [2.75, 3.05) is 17.6 Å². The fourth-order valence-corrected chi connectivity index (χ4v) is 4.24. The lowest BCUT2D eigenvalue weighted by Crippen LogP contribution is -2.41. The number of rotatable bonds is 4. The van der Waals surface area contributed by atoms with Crippen LogP contribution < -0.4 is 14.4 Å². The normalized spacial score (nSPS) is 17.8. The van der Waals surface area contributed by atoms with Crippen LogP contribution >= 0.6 is 0 Å². The number of fused-ring (bicyclic) bond motifs is 1. The van der Waals surface area contributed by atoms with Crippen LogP contribution in [0.25, 0.3) is 0 Å². The number of ether oxygens (including phenoxy) is 1. The molecule has 7 heteroatoms. The summed E-state index contributed by atoms with van der Waals surface area (Å²) in [4.78, 5) is 13.0. The molecule has 2 aromatic carbocycles. The Morgan fingerprint density at radius 1 is 1.17 bits per heavy atom. The molecular weight excluding hydrogens is 388 g/mol. The van der Waals surface area contributed by atoms with Crippen molar-refractivity contribution in [3.63, 3.8) is 0 Å². The first kappa shape index (κ1) is 21.2. The van der Waals surface area contributed by atoms with E-state index >= 15 is 0 Å². The highest BCUT2D eigenvalue weighted by Crippen LogP contribution is 2.40. The summed E-state index contributed by atoms with van der Waals surface area (Å²) in [5.41, 5.74) is 3.45. The molecule has 1 atom stereocenters. The molecule has 6 nitrogen and oxygen atoms in total. The maximum atomic E-state index is 13.0. The van der Waals surface area contributed by atoms with Crippen LogP contribution in [0.15, 0.2) is 36.4 Å². The monoisotopic (exact) mass is 416 g/mol. The van der Waals surface area contributed by atoms with Crippen LogP contribution in [0.1, 0.15) is 53.4 Å². The van der Waals surface area contributed by atoms with Gasteiger partial charge in [-0.25, -0.2) is 8.42 Å². The summed E-state index contributed by atoms with van der Waals surface area (Å²) < 4.78 is 30.9. The second kappa shape index (κ2) is 7.37. The second-order valence-electron chi connectivity index (χ2n) is 8.36. The number of nitrogens with zero attached hydrogens (tertiary/aromatic N) is 1. The molecule has 0 saturated carbocycles. The van der Waals surface area contributed by atoms with E-state index in [-0.39, 0.29) is 11.9 Å². The van der Waals surface area contributed by atoms with Gasteiger partial charge in [-0.3, -0.25) is 9.10 Å². The highest BCUT2D eigenvalue weighted by atomic mass is 32.2. The van der Waals surface area contributed by atoms with Gasteiger partial charge in [0.2, 0.25) is 10.0 Å². The zero-order chi connectivity index (χ0) is 21.6. The Hall–Kier alpha value is -2.54. The van der Waals surface area contributed by atoms with Crippen molar-refractivity contribution in [1.82, 2.24) is 5.32 Å². The first-order valence-corrected chi connectivity index (χ1v) is 11.4. The minimum absolute atomic E-state index is 0.167. The maximum Gasteiger partial charge on any atom is 0.251 e. The molecule has 0 aliphatic carbocycles. The van der Waals surface area contributed by atoms with E-state index in [0.717, 1.165) is 23.1 Å². The van der Waals surface area contributed by atoms with Gasteiger partial charge >= 0.3 is 0 Å². The third-order valence-electron chi connectivity index (χ3n) is 5.22. The topological polar surface area (TPSA) is 75.7 Å². The summed E-state index contributed by atoms with van der Waals surface area (Å²) in [5, 5.41) is 3.13. The van der Waals surface area contributed by atoms with Crippen molar-refractivity contribution in [1.29, 1.82) is 0 Å². The fourth-order valence-electron chi connectivity index (χ4n) is 3.67. The molecular formula is C22H28N2O4S. The van der Waals surface area contributed by atoms with Crippen LogP contribution in [-0.2, 0) is 10.0 Å². The van der Waals surface area contributed by atoms with Gasteiger partial charge in [-0.1, -0.05) is 17.7 Å². The number of benzene rings is 2. The number of hydrogen-bond donors (Lipinski definition) is 1. The molecule has 0 fully saturated rings. The molecule has 0 saturated heterocycles. The van der Waals surface area contributed by atoms with Crippen LogP contribution in [0, 0.1) is 13.8 Å². The Balaban J connectivity index is 1.87. The Bertz CT molecular complexity index is 1060. The number of amides is 1.